The molecule has 0 saturated heterocycles. The number of anilines is 1. The second-order valence-corrected chi connectivity index (χ2v) is 12.7. The number of rotatable bonds is 11. The molecule has 3 aromatic rings. The molecule has 1 amide bonds. The molecule has 1 aromatic heterocycles. The summed E-state index contributed by atoms with van der Waals surface area (Å²) in [6.45, 7) is 9.02. The number of fused-ring (bicyclic) bond motifs is 1. The summed E-state index contributed by atoms with van der Waals surface area (Å²) in [7, 11) is -3.61. The number of sulfonamides is 1. The third-order valence-corrected chi connectivity index (χ3v) is 8.49. The number of nitrogens with one attached hydrogen (secondary N) is 1. The van der Waals surface area contributed by atoms with Crippen LogP contribution >= 0.6 is 23.1 Å². The number of hydrogen-bond donors (Lipinski definition) is 1. The molecule has 0 spiro atoms. The monoisotopic (exact) mass is 505 g/mol. The summed E-state index contributed by atoms with van der Waals surface area (Å²) < 4.78 is 28.9. The van der Waals surface area contributed by atoms with E-state index in [2.05, 4.69) is 10.3 Å². The van der Waals surface area contributed by atoms with E-state index in [1.807, 2.05) is 58.0 Å². The minimum atomic E-state index is -3.61. The maximum atomic E-state index is 13.3. The SMILES string of the molecule is CC(C)CN(CC(C)C)S(=O)(=O)c1ccc2nc(NC(=O)CSCc3ccccc3)sc2c1. The molecule has 6 nitrogen and oxygen atoms in total. The third kappa shape index (κ3) is 7.27. The molecule has 0 radical (unpaired) electrons. The molecule has 0 unspecified atom stereocenters. The lowest BCUT2D eigenvalue weighted by Crippen LogP contribution is -2.37. The molecule has 0 bridgehead atoms. The van der Waals surface area contributed by atoms with Crippen molar-refractivity contribution in [1.82, 2.24) is 9.29 Å². The average Bonchev–Trinajstić information content (AvgIpc) is 3.14. The summed E-state index contributed by atoms with van der Waals surface area (Å²) >= 11 is 2.83. The second kappa shape index (κ2) is 11.5. The molecule has 1 N–H and O–H groups in total. The first-order valence-electron chi connectivity index (χ1n) is 11.0. The predicted molar refractivity (Wildman–Crippen MR) is 139 cm³/mol. The van der Waals surface area contributed by atoms with Crippen molar-refractivity contribution in [2.45, 2.75) is 38.3 Å². The summed E-state index contributed by atoms with van der Waals surface area (Å²) in [6.07, 6.45) is 0. The van der Waals surface area contributed by atoms with Gasteiger partial charge in [-0.25, -0.2) is 13.4 Å². The van der Waals surface area contributed by atoms with Gasteiger partial charge < -0.3 is 5.32 Å². The van der Waals surface area contributed by atoms with E-state index >= 15 is 0 Å². The van der Waals surface area contributed by atoms with Gasteiger partial charge in [0.1, 0.15) is 0 Å². The van der Waals surface area contributed by atoms with Gasteiger partial charge in [-0.05, 0) is 35.6 Å². The van der Waals surface area contributed by atoms with Crippen molar-refractivity contribution < 1.29 is 13.2 Å². The number of thioether (sulfide) groups is 1. The van der Waals surface area contributed by atoms with E-state index in [1.54, 1.807) is 22.5 Å². The van der Waals surface area contributed by atoms with Gasteiger partial charge >= 0.3 is 0 Å². The smallest absolute Gasteiger partial charge is 0.243 e. The first kappa shape index (κ1) is 25.7. The van der Waals surface area contributed by atoms with Crippen LogP contribution in [0.15, 0.2) is 53.4 Å². The van der Waals surface area contributed by atoms with E-state index in [1.165, 1.54) is 28.7 Å². The summed E-state index contributed by atoms with van der Waals surface area (Å²) in [5.41, 5.74) is 1.85. The quantitative estimate of drug-likeness (QED) is 0.374. The molecule has 3 rings (SSSR count). The van der Waals surface area contributed by atoms with Crippen LogP contribution in [0.3, 0.4) is 0 Å². The Kier molecular flexibility index (Phi) is 8.92. The number of aromatic nitrogens is 1. The Hall–Kier alpha value is -1.94. The highest BCUT2D eigenvalue weighted by molar-refractivity contribution is 7.99. The average molecular weight is 506 g/mol. The summed E-state index contributed by atoms with van der Waals surface area (Å²) in [5.74, 6) is 1.42. The molecule has 0 aliphatic rings. The highest BCUT2D eigenvalue weighted by Gasteiger charge is 2.26. The molecular weight excluding hydrogens is 474 g/mol. The van der Waals surface area contributed by atoms with Crippen molar-refractivity contribution in [3.8, 4) is 0 Å². The first-order chi connectivity index (χ1) is 15.6. The second-order valence-electron chi connectivity index (χ2n) is 8.78. The van der Waals surface area contributed by atoms with E-state index in [4.69, 9.17) is 0 Å². The number of hydrogen-bond acceptors (Lipinski definition) is 6. The van der Waals surface area contributed by atoms with E-state index in [9.17, 15) is 13.2 Å². The van der Waals surface area contributed by atoms with Gasteiger partial charge in [-0.15, -0.1) is 11.8 Å². The van der Waals surface area contributed by atoms with Gasteiger partial charge in [0.25, 0.3) is 0 Å². The van der Waals surface area contributed by atoms with Crippen molar-refractivity contribution in [3.63, 3.8) is 0 Å². The highest BCUT2D eigenvalue weighted by atomic mass is 32.2. The van der Waals surface area contributed by atoms with Crippen LogP contribution in [-0.2, 0) is 20.6 Å². The largest absolute Gasteiger partial charge is 0.301 e. The molecule has 178 valence electrons. The number of carbonyl (C=O) groups is 1. The highest BCUT2D eigenvalue weighted by Crippen LogP contribution is 2.30. The lowest BCUT2D eigenvalue weighted by Gasteiger charge is -2.25. The van der Waals surface area contributed by atoms with E-state index < -0.39 is 10.0 Å². The number of benzene rings is 2. The molecule has 0 aliphatic heterocycles. The van der Waals surface area contributed by atoms with Crippen LogP contribution in [0.25, 0.3) is 10.2 Å². The Morgan fingerprint density at radius 3 is 2.36 bits per heavy atom. The van der Waals surface area contributed by atoms with Crippen molar-refractivity contribution in [2.24, 2.45) is 11.8 Å². The fourth-order valence-electron chi connectivity index (χ4n) is 3.34. The third-order valence-electron chi connectivity index (χ3n) is 4.73. The van der Waals surface area contributed by atoms with Gasteiger partial charge in [0.2, 0.25) is 15.9 Å². The molecule has 0 atom stereocenters. The van der Waals surface area contributed by atoms with Gasteiger partial charge in [0.05, 0.1) is 20.9 Å². The van der Waals surface area contributed by atoms with Crippen molar-refractivity contribution in [3.05, 3.63) is 54.1 Å². The molecule has 33 heavy (non-hydrogen) atoms. The number of carbonyl (C=O) groups excluding carboxylic acids is 1. The Bertz CT molecular complexity index is 1170. The first-order valence-corrected chi connectivity index (χ1v) is 14.4. The van der Waals surface area contributed by atoms with E-state index in [0.29, 0.717) is 29.5 Å². The molecular formula is C24H31N3O3S3. The van der Waals surface area contributed by atoms with E-state index in [-0.39, 0.29) is 22.6 Å². The standard InChI is InChI=1S/C24H31N3O3S3/c1-17(2)13-27(14-18(3)4)33(29,30)20-10-11-21-22(12-20)32-24(25-21)26-23(28)16-31-15-19-8-6-5-7-9-19/h5-12,17-18H,13-16H2,1-4H3,(H,25,26,28). The van der Waals surface area contributed by atoms with Crippen LogP contribution in [-0.4, -0.2) is 42.5 Å². The summed E-state index contributed by atoms with van der Waals surface area (Å²) in [5, 5.41) is 3.32. The van der Waals surface area contributed by atoms with Crippen LogP contribution < -0.4 is 5.32 Å². The zero-order chi connectivity index (χ0) is 24.0. The lowest BCUT2D eigenvalue weighted by molar-refractivity contribution is -0.113. The minimum Gasteiger partial charge on any atom is -0.301 e. The molecule has 1 heterocycles. The van der Waals surface area contributed by atoms with E-state index in [0.717, 1.165) is 10.5 Å². The van der Waals surface area contributed by atoms with Crippen molar-refractivity contribution in [1.29, 1.82) is 0 Å². The van der Waals surface area contributed by atoms with Gasteiger partial charge in [-0.1, -0.05) is 69.4 Å². The summed E-state index contributed by atoms with van der Waals surface area (Å²) in [6, 6.07) is 15.0. The molecule has 0 fully saturated rings. The van der Waals surface area contributed by atoms with Crippen LogP contribution in [0, 0.1) is 11.8 Å². The minimum absolute atomic E-state index is 0.122. The molecule has 0 saturated carbocycles. The molecule has 9 heteroatoms. The Labute approximate surface area is 204 Å². The van der Waals surface area contributed by atoms with Gasteiger partial charge in [-0.3, -0.25) is 4.79 Å². The fraction of sp³-hybridized carbons (Fsp3) is 0.417. The van der Waals surface area contributed by atoms with Gasteiger partial charge in [-0.2, -0.15) is 4.31 Å². The van der Waals surface area contributed by atoms with Crippen LogP contribution in [0.4, 0.5) is 5.13 Å². The zero-order valence-electron chi connectivity index (χ0n) is 19.4. The zero-order valence-corrected chi connectivity index (χ0v) is 21.9. The topological polar surface area (TPSA) is 79.4 Å². The maximum Gasteiger partial charge on any atom is 0.243 e. The van der Waals surface area contributed by atoms with Crippen molar-refractivity contribution >= 4 is 54.4 Å². The van der Waals surface area contributed by atoms with Gasteiger partial charge in [0, 0.05) is 18.8 Å². The van der Waals surface area contributed by atoms with Crippen molar-refractivity contribution in [2.75, 3.05) is 24.2 Å². The predicted octanol–water partition coefficient (Wildman–Crippen LogP) is 5.47. The Morgan fingerprint density at radius 2 is 1.73 bits per heavy atom. The van der Waals surface area contributed by atoms with Crippen LogP contribution in [0.5, 0.6) is 0 Å². The summed E-state index contributed by atoms with van der Waals surface area (Å²) in [4.78, 5) is 17.0. The van der Waals surface area contributed by atoms with Crippen LogP contribution in [0.2, 0.25) is 0 Å². The molecule has 0 aliphatic carbocycles. The van der Waals surface area contributed by atoms with Gasteiger partial charge in [0.15, 0.2) is 5.13 Å². The number of thiazole rings is 1. The Morgan fingerprint density at radius 1 is 1.06 bits per heavy atom. The lowest BCUT2D eigenvalue weighted by atomic mass is 10.2. The maximum absolute atomic E-state index is 13.3. The molecule has 2 aromatic carbocycles. The Balaban J connectivity index is 1.69. The van der Waals surface area contributed by atoms with Crippen LogP contribution in [0.1, 0.15) is 33.3 Å². The number of amides is 1. The fourth-order valence-corrected chi connectivity index (χ4v) is 6.92. The number of nitrogens with zero attached hydrogens (tertiary/aromatic N) is 2. The normalized spacial score (nSPS) is 12.2.